The van der Waals surface area contributed by atoms with Gasteiger partial charge in [0.2, 0.25) is 0 Å². The van der Waals surface area contributed by atoms with E-state index in [4.69, 9.17) is 5.11 Å². The predicted molar refractivity (Wildman–Crippen MR) is 104 cm³/mol. The summed E-state index contributed by atoms with van der Waals surface area (Å²) in [5.41, 5.74) is -9.90. The van der Waals surface area contributed by atoms with E-state index in [1.165, 1.54) is 0 Å². The van der Waals surface area contributed by atoms with Gasteiger partial charge in [0.15, 0.2) is 5.75 Å². The number of aromatic nitrogens is 1. The molecule has 2 amide bonds. The molecular weight excluding hydrogens is 589 g/mol. The van der Waals surface area contributed by atoms with Crippen molar-refractivity contribution in [3.05, 3.63) is 46.2 Å². The molecule has 0 bridgehead atoms. The second kappa shape index (κ2) is 10.2. The Bertz CT molecular complexity index is 1170. The Hall–Kier alpha value is -3.57. The van der Waals surface area contributed by atoms with Crippen molar-refractivity contribution in [3.63, 3.8) is 0 Å². The van der Waals surface area contributed by atoms with Crippen LogP contribution in [0.4, 0.5) is 50.9 Å². The molecule has 0 aliphatic heterocycles. The highest BCUT2D eigenvalue weighted by Crippen LogP contribution is 2.55. The van der Waals surface area contributed by atoms with Crippen molar-refractivity contribution in [2.75, 3.05) is 10.6 Å². The molecule has 8 nitrogen and oxygen atoms in total. The Labute approximate surface area is 201 Å². The van der Waals surface area contributed by atoms with Crippen LogP contribution in [0.3, 0.4) is 0 Å². The van der Waals surface area contributed by atoms with E-state index in [1.807, 2.05) is 10.6 Å². The first-order valence-corrected chi connectivity index (χ1v) is 9.59. The minimum Gasteiger partial charge on any atom is -0.474 e. The normalized spacial score (nSPS) is 12.3. The smallest absolute Gasteiger partial charge is 0.435 e. The van der Waals surface area contributed by atoms with Crippen LogP contribution in [0.1, 0.15) is 15.9 Å². The lowest BCUT2D eigenvalue weighted by molar-refractivity contribution is -0.348. The van der Waals surface area contributed by atoms with Crippen molar-refractivity contribution < 1.29 is 63.7 Å². The molecule has 0 fully saturated rings. The lowest BCUT2D eigenvalue weighted by Crippen LogP contribution is -2.50. The van der Waals surface area contributed by atoms with Gasteiger partial charge in [0.25, 0.3) is 5.91 Å². The van der Waals surface area contributed by atoms with Gasteiger partial charge in [-0.05, 0) is 34.1 Å². The number of rotatable bonds is 6. The van der Waals surface area contributed by atoms with Gasteiger partial charge in [-0.15, -0.1) is 0 Å². The predicted octanol–water partition coefficient (Wildman–Crippen LogP) is 5.01. The minimum absolute atomic E-state index is 0.0450. The van der Waals surface area contributed by atoms with E-state index in [9.17, 15) is 53.9 Å². The molecule has 0 radical (unpaired) electrons. The standard InChI is InChI=1S/C18H9BrF9N3O5/c19-9-2-7(16(22,17(23,24)25)18(26,27)28)3-10(36-15(20)21)11(9)31-12(32)6-1-8(5-29-4-6)30-13(33)14(34)35/h1-5,15H,(H,30,33)(H,31,32)(H,34,35). The number of hydrogen-bond donors (Lipinski definition) is 3. The van der Waals surface area contributed by atoms with Crippen molar-refractivity contribution in [1.29, 1.82) is 0 Å². The van der Waals surface area contributed by atoms with Crippen molar-refractivity contribution in [2.24, 2.45) is 0 Å². The molecule has 2 rings (SSSR count). The fraction of sp³-hybridized carbons (Fsp3) is 0.222. The number of amides is 2. The van der Waals surface area contributed by atoms with Crippen LogP contribution < -0.4 is 15.4 Å². The van der Waals surface area contributed by atoms with Crippen LogP contribution in [-0.2, 0) is 15.3 Å². The number of nitrogens with one attached hydrogen (secondary N) is 2. The fourth-order valence-corrected chi connectivity index (χ4v) is 3.12. The third-order valence-corrected chi connectivity index (χ3v) is 4.77. The van der Waals surface area contributed by atoms with Crippen LogP contribution in [0, 0.1) is 0 Å². The quantitative estimate of drug-likeness (QED) is 0.318. The van der Waals surface area contributed by atoms with Gasteiger partial charge in [-0.2, -0.15) is 35.1 Å². The number of halogens is 10. The van der Waals surface area contributed by atoms with E-state index in [0.29, 0.717) is 0 Å². The van der Waals surface area contributed by atoms with E-state index in [-0.39, 0.29) is 17.8 Å². The van der Waals surface area contributed by atoms with Gasteiger partial charge in [0.1, 0.15) is 0 Å². The summed E-state index contributed by atoms with van der Waals surface area (Å²) in [5.74, 6) is -6.17. The molecule has 1 aromatic carbocycles. The zero-order chi connectivity index (χ0) is 27.6. The highest BCUT2D eigenvalue weighted by atomic mass is 79.9. The van der Waals surface area contributed by atoms with Crippen LogP contribution in [0.25, 0.3) is 0 Å². The SMILES string of the molecule is O=C(O)C(=O)Nc1cncc(C(=O)Nc2c(Br)cc(C(F)(C(F)(F)F)C(F)(F)F)cc2OC(F)F)c1. The Morgan fingerprint density at radius 3 is 2.03 bits per heavy atom. The summed E-state index contributed by atoms with van der Waals surface area (Å²) < 4.78 is 122. The van der Waals surface area contributed by atoms with Crippen molar-refractivity contribution in [3.8, 4) is 5.75 Å². The number of carbonyl (C=O) groups excluding carboxylic acids is 2. The van der Waals surface area contributed by atoms with Gasteiger partial charge in [0.05, 0.1) is 23.1 Å². The summed E-state index contributed by atoms with van der Waals surface area (Å²) in [6.07, 6.45) is -11.4. The molecule has 1 aromatic heterocycles. The third-order valence-electron chi connectivity index (χ3n) is 4.14. The number of pyridine rings is 1. The topological polar surface area (TPSA) is 118 Å². The lowest BCUT2D eigenvalue weighted by atomic mass is 9.93. The fourth-order valence-electron chi connectivity index (χ4n) is 2.58. The molecule has 2 aromatic rings. The Balaban J connectivity index is 2.55. The van der Waals surface area contributed by atoms with Crippen LogP contribution in [0.5, 0.6) is 5.75 Å². The van der Waals surface area contributed by atoms with Gasteiger partial charge >= 0.3 is 36.5 Å². The first kappa shape index (κ1) is 28.7. The zero-order valence-corrected chi connectivity index (χ0v) is 18.4. The zero-order valence-electron chi connectivity index (χ0n) is 16.8. The second-order valence-corrected chi connectivity index (χ2v) is 7.39. The molecule has 0 unspecified atom stereocenters. The van der Waals surface area contributed by atoms with Gasteiger partial charge in [-0.25, -0.2) is 9.18 Å². The Morgan fingerprint density at radius 1 is 0.944 bits per heavy atom. The summed E-state index contributed by atoms with van der Waals surface area (Å²) in [5, 5.41) is 12.3. The second-order valence-electron chi connectivity index (χ2n) is 6.54. The van der Waals surface area contributed by atoms with Crippen LogP contribution in [0.15, 0.2) is 35.1 Å². The van der Waals surface area contributed by atoms with Gasteiger partial charge in [-0.1, -0.05) is 0 Å². The average molecular weight is 598 g/mol. The van der Waals surface area contributed by atoms with E-state index in [1.54, 1.807) is 0 Å². The maximum absolute atomic E-state index is 14.4. The number of carbonyl (C=O) groups is 3. The van der Waals surface area contributed by atoms with Crippen molar-refractivity contribution in [2.45, 2.75) is 24.6 Å². The number of carboxylic acid groups (broad SMARTS) is 1. The molecule has 0 spiro atoms. The molecule has 0 saturated carbocycles. The molecule has 0 aliphatic rings. The first-order valence-electron chi connectivity index (χ1n) is 8.80. The molecule has 1 heterocycles. The number of ether oxygens (including phenoxy) is 1. The number of nitrogens with zero attached hydrogens (tertiary/aromatic N) is 1. The molecule has 18 heteroatoms. The number of anilines is 2. The van der Waals surface area contributed by atoms with Gasteiger partial charge in [-0.3, -0.25) is 14.6 Å². The highest BCUT2D eigenvalue weighted by molar-refractivity contribution is 9.10. The molecular formula is C18H9BrF9N3O5. The van der Waals surface area contributed by atoms with Crippen LogP contribution >= 0.6 is 15.9 Å². The third kappa shape index (κ3) is 5.97. The highest BCUT2D eigenvalue weighted by Gasteiger charge is 2.73. The molecule has 36 heavy (non-hydrogen) atoms. The maximum Gasteiger partial charge on any atom is 0.435 e. The first-order chi connectivity index (χ1) is 16.4. The number of carboxylic acids is 1. The number of hydrogen-bond acceptors (Lipinski definition) is 5. The summed E-state index contributed by atoms with van der Waals surface area (Å²) in [6, 6.07) is 0.491. The Morgan fingerprint density at radius 2 is 1.53 bits per heavy atom. The van der Waals surface area contributed by atoms with Crippen molar-refractivity contribution >= 4 is 45.1 Å². The Kier molecular flexibility index (Phi) is 8.12. The van der Waals surface area contributed by atoms with Crippen LogP contribution in [-0.4, -0.2) is 46.8 Å². The molecule has 3 N–H and O–H groups in total. The van der Waals surface area contributed by atoms with E-state index in [2.05, 4.69) is 25.7 Å². The molecule has 196 valence electrons. The van der Waals surface area contributed by atoms with E-state index >= 15 is 0 Å². The molecule has 0 atom stereocenters. The van der Waals surface area contributed by atoms with Crippen LogP contribution in [0.2, 0.25) is 0 Å². The summed E-state index contributed by atoms with van der Waals surface area (Å²) in [7, 11) is 0. The largest absolute Gasteiger partial charge is 0.474 e. The summed E-state index contributed by atoms with van der Waals surface area (Å²) in [6.45, 7) is -3.83. The summed E-state index contributed by atoms with van der Waals surface area (Å²) in [4.78, 5) is 37.8. The van der Waals surface area contributed by atoms with Gasteiger partial charge < -0.3 is 20.5 Å². The number of aliphatic carboxylic acids is 1. The average Bonchev–Trinajstić information content (AvgIpc) is 2.73. The van der Waals surface area contributed by atoms with Crippen molar-refractivity contribution in [1.82, 2.24) is 4.98 Å². The van der Waals surface area contributed by atoms with Gasteiger partial charge in [0, 0.05) is 16.2 Å². The van der Waals surface area contributed by atoms with E-state index in [0.717, 1.165) is 18.5 Å². The van der Waals surface area contributed by atoms with E-state index < -0.39 is 69.5 Å². The molecule has 0 saturated heterocycles. The maximum atomic E-state index is 14.4. The molecule has 0 aliphatic carbocycles. The number of alkyl halides is 9. The minimum atomic E-state index is -6.57. The monoisotopic (exact) mass is 597 g/mol. The lowest BCUT2D eigenvalue weighted by Gasteiger charge is -2.31. The summed E-state index contributed by atoms with van der Waals surface area (Å²) >= 11 is 2.50. The number of benzene rings is 1.